The summed E-state index contributed by atoms with van der Waals surface area (Å²) in [6.45, 7) is -0.555. The van der Waals surface area contributed by atoms with Gasteiger partial charge in [0.05, 0.1) is 5.92 Å². The first kappa shape index (κ1) is 15.0. The molecule has 0 saturated heterocycles. The molecule has 114 valence electrons. The van der Waals surface area contributed by atoms with Crippen molar-refractivity contribution in [2.75, 3.05) is 12.3 Å². The molecule has 8 heteroatoms. The maximum Gasteiger partial charge on any atom is 0.329 e. The zero-order valence-electron chi connectivity index (χ0n) is 11.7. The van der Waals surface area contributed by atoms with E-state index in [1.54, 1.807) is 0 Å². The Balaban J connectivity index is 2.11. The predicted octanol–water partition coefficient (Wildman–Crippen LogP) is -0.428. The first-order chi connectivity index (χ1) is 9.91. The van der Waals surface area contributed by atoms with Crippen LogP contribution < -0.4 is 17.0 Å². The molecule has 0 radical (unpaired) electrons. The lowest BCUT2D eigenvalue weighted by Gasteiger charge is -2.10. The monoisotopic (exact) mass is 295 g/mol. The van der Waals surface area contributed by atoms with E-state index in [1.165, 1.54) is 7.05 Å². The van der Waals surface area contributed by atoms with Crippen molar-refractivity contribution < 1.29 is 14.3 Å². The van der Waals surface area contributed by atoms with Crippen molar-refractivity contribution in [3.63, 3.8) is 0 Å². The number of esters is 1. The lowest BCUT2D eigenvalue weighted by Crippen LogP contribution is -2.36. The third kappa shape index (κ3) is 3.04. The summed E-state index contributed by atoms with van der Waals surface area (Å²) in [4.78, 5) is 48.6. The molecule has 0 atom stereocenters. The summed E-state index contributed by atoms with van der Waals surface area (Å²) in [5.74, 6) is -1.57. The minimum Gasteiger partial charge on any atom is -0.457 e. The van der Waals surface area contributed by atoms with E-state index in [1.807, 2.05) is 4.98 Å². The van der Waals surface area contributed by atoms with Gasteiger partial charge in [-0.2, -0.15) is 0 Å². The topological polar surface area (TPSA) is 124 Å². The minimum atomic E-state index is -0.877. The molecule has 0 spiro atoms. The molecule has 0 unspecified atom stereocenters. The number of nitrogens with two attached hydrogens (primary N) is 1. The highest BCUT2D eigenvalue weighted by Gasteiger charge is 2.26. The van der Waals surface area contributed by atoms with Crippen molar-refractivity contribution in [3.05, 3.63) is 26.4 Å². The number of rotatable bonds is 4. The number of hydrogen-bond donors (Lipinski definition) is 2. The van der Waals surface area contributed by atoms with Gasteiger partial charge in [-0.1, -0.05) is 12.8 Å². The van der Waals surface area contributed by atoms with Crippen molar-refractivity contribution in [1.82, 2.24) is 9.55 Å². The number of aromatic nitrogens is 2. The Morgan fingerprint density at radius 2 is 1.95 bits per heavy atom. The van der Waals surface area contributed by atoms with Gasteiger partial charge < -0.3 is 10.5 Å². The average molecular weight is 295 g/mol. The number of carbonyl (C=O) groups excluding carboxylic acids is 2. The van der Waals surface area contributed by atoms with E-state index in [2.05, 4.69) is 0 Å². The van der Waals surface area contributed by atoms with Crippen molar-refractivity contribution >= 4 is 17.6 Å². The molecule has 21 heavy (non-hydrogen) atoms. The normalized spacial score (nSPS) is 15.1. The molecule has 1 aromatic heterocycles. The standard InChI is InChI=1S/C13H17N3O5/c1-16-10(14)9(11(18)15-13(16)20)8(17)6-21-12(19)7-4-2-3-5-7/h7H,2-6,14H2,1H3,(H,15,18,20). The first-order valence-electron chi connectivity index (χ1n) is 6.70. The summed E-state index contributed by atoms with van der Waals surface area (Å²) in [6.07, 6.45) is 3.47. The van der Waals surface area contributed by atoms with Crippen molar-refractivity contribution in [2.45, 2.75) is 25.7 Å². The number of nitrogens with zero attached hydrogens (tertiary/aromatic N) is 1. The molecular formula is C13H17N3O5. The highest BCUT2D eigenvalue weighted by Crippen LogP contribution is 2.25. The van der Waals surface area contributed by atoms with Crippen LogP contribution in [0.2, 0.25) is 0 Å². The van der Waals surface area contributed by atoms with Crippen LogP contribution in [0.25, 0.3) is 0 Å². The predicted molar refractivity (Wildman–Crippen MR) is 74.0 cm³/mol. The lowest BCUT2D eigenvalue weighted by atomic mass is 10.1. The number of anilines is 1. The SMILES string of the molecule is Cn1c(N)c(C(=O)COC(=O)C2CCCC2)c(=O)[nH]c1=O. The van der Waals surface area contributed by atoms with Gasteiger partial charge in [0, 0.05) is 7.05 Å². The zero-order valence-corrected chi connectivity index (χ0v) is 11.7. The molecule has 1 heterocycles. The van der Waals surface area contributed by atoms with Gasteiger partial charge in [0.1, 0.15) is 11.4 Å². The van der Waals surface area contributed by atoms with Crippen LogP contribution in [0.4, 0.5) is 5.82 Å². The van der Waals surface area contributed by atoms with Crippen LogP contribution in [0.3, 0.4) is 0 Å². The van der Waals surface area contributed by atoms with Crippen molar-refractivity contribution in [3.8, 4) is 0 Å². The average Bonchev–Trinajstić information content (AvgIpc) is 2.96. The number of hydrogen-bond acceptors (Lipinski definition) is 6. The molecule has 0 aliphatic heterocycles. The molecule has 3 N–H and O–H groups in total. The van der Waals surface area contributed by atoms with Crippen LogP contribution in [0.1, 0.15) is 36.0 Å². The fourth-order valence-electron chi connectivity index (χ4n) is 2.39. The Morgan fingerprint density at radius 3 is 2.57 bits per heavy atom. The Bertz CT molecular complexity index is 682. The van der Waals surface area contributed by atoms with Gasteiger partial charge >= 0.3 is 11.7 Å². The summed E-state index contributed by atoms with van der Waals surface area (Å²) in [5.41, 5.74) is 3.64. The molecular weight excluding hydrogens is 278 g/mol. The van der Waals surface area contributed by atoms with E-state index in [0.717, 1.165) is 30.3 Å². The van der Waals surface area contributed by atoms with Crippen LogP contribution in [0, 0.1) is 5.92 Å². The highest BCUT2D eigenvalue weighted by atomic mass is 16.5. The summed E-state index contributed by atoms with van der Waals surface area (Å²) < 4.78 is 5.89. The largest absolute Gasteiger partial charge is 0.457 e. The Labute approximate surface area is 119 Å². The maximum absolute atomic E-state index is 12.0. The van der Waals surface area contributed by atoms with Crippen LogP contribution in [-0.2, 0) is 16.6 Å². The van der Waals surface area contributed by atoms with E-state index < -0.39 is 29.6 Å². The molecule has 8 nitrogen and oxygen atoms in total. The van der Waals surface area contributed by atoms with E-state index >= 15 is 0 Å². The molecule has 2 rings (SSSR count). The van der Waals surface area contributed by atoms with Crippen molar-refractivity contribution in [1.29, 1.82) is 0 Å². The Kier molecular flexibility index (Phi) is 4.25. The first-order valence-corrected chi connectivity index (χ1v) is 6.70. The third-order valence-corrected chi connectivity index (χ3v) is 3.68. The number of nitrogen functional groups attached to an aromatic ring is 1. The Morgan fingerprint density at radius 1 is 1.33 bits per heavy atom. The number of carbonyl (C=O) groups is 2. The number of nitrogens with one attached hydrogen (secondary N) is 1. The summed E-state index contributed by atoms with van der Waals surface area (Å²) >= 11 is 0. The molecule has 0 bridgehead atoms. The number of aromatic amines is 1. The lowest BCUT2D eigenvalue weighted by molar-refractivity contribution is -0.147. The third-order valence-electron chi connectivity index (χ3n) is 3.68. The second kappa shape index (κ2) is 5.94. The van der Waals surface area contributed by atoms with Crippen LogP contribution in [0.5, 0.6) is 0 Å². The number of H-pyrrole nitrogens is 1. The van der Waals surface area contributed by atoms with Gasteiger partial charge in [-0.15, -0.1) is 0 Å². The fraction of sp³-hybridized carbons (Fsp3) is 0.538. The quantitative estimate of drug-likeness (QED) is 0.574. The molecule has 0 amide bonds. The van der Waals surface area contributed by atoms with E-state index in [0.29, 0.717) is 0 Å². The summed E-state index contributed by atoms with van der Waals surface area (Å²) in [7, 11) is 1.33. The Hall–Kier alpha value is -2.38. The molecule has 1 saturated carbocycles. The summed E-state index contributed by atoms with van der Waals surface area (Å²) in [5, 5.41) is 0. The van der Waals surface area contributed by atoms with Crippen molar-refractivity contribution in [2.24, 2.45) is 13.0 Å². The summed E-state index contributed by atoms with van der Waals surface area (Å²) in [6, 6.07) is 0. The number of ether oxygens (including phenoxy) is 1. The van der Waals surface area contributed by atoms with E-state index in [9.17, 15) is 19.2 Å². The van der Waals surface area contributed by atoms with Gasteiger partial charge in [-0.3, -0.25) is 23.9 Å². The van der Waals surface area contributed by atoms with Crippen LogP contribution >= 0.6 is 0 Å². The van der Waals surface area contributed by atoms with Crippen LogP contribution in [-0.4, -0.2) is 27.9 Å². The molecule has 1 aliphatic carbocycles. The van der Waals surface area contributed by atoms with E-state index in [-0.39, 0.29) is 17.3 Å². The molecule has 1 aliphatic rings. The van der Waals surface area contributed by atoms with E-state index in [4.69, 9.17) is 10.5 Å². The molecule has 1 fully saturated rings. The van der Waals surface area contributed by atoms with Gasteiger partial charge in [-0.05, 0) is 12.8 Å². The molecule has 0 aromatic carbocycles. The fourth-order valence-corrected chi connectivity index (χ4v) is 2.39. The second-order valence-electron chi connectivity index (χ2n) is 5.09. The zero-order chi connectivity index (χ0) is 15.6. The van der Waals surface area contributed by atoms with Gasteiger partial charge in [-0.25, -0.2) is 4.79 Å². The molecule has 1 aromatic rings. The second-order valence-corrected chi connectivity index (χ2v) is 5.09. The number of Topliss-reactive ketones (excluding diaryl/α,β-unsaturated/α-hetero) is 1. The van der Waals surface area contributed by atoms with Gasteiger partial charge in [0.2, 0.25) is 5.78 Å². The smallest absolute Gasteiger partial charge is 0.329 e. The van der Waals surface area contributed by atoms with Gasteiger partial charge in [0.25, 0.3) is 5.56 Å². The maximum atomic E-state index is 12.0. The van der Waals surface area contributed by atoms with Gasteiger partial charge in [0.15, 0.2) is 6.61 Å². The van der Waals surface area contributed by atoms with Crippen LogP contribution in [0.15, 0.2) is 9.59 Å². The highest BCUT2D eigenvalue weighted by molar-refractivity contribution is 6.01. The number of ketones is 1. The minimum absolute atomic E-state index is 0.173.